The molecule has 0 heterocycles. The quantitative estimate of drug-likeness (QED) is 0.278. The van der Waals surface area contributed by atoms with E-state index in [9.17, 15) is 13.2 Å². The lowest BCUT2D eigenvalue weighted by Gasteiger charge is -2.12. The molecule has 184 valence electrons. The van der Waals surface area contributed by atoms with Gasteiger partial charge in [0.25, 0.3) is 5.91 Å². The van der Waals surface area contributed by atoms with Crippen molar-refractivity contribution in [3.05, 3.63) is 84.4 Å². The molecule has 0 bridgehead atoms. The number of carbonyl (C=O) groups excluding carboxylic acids is 1. The number of hydrogen-bond donors (Lipinski definition) is 3. The maximum Gasteiger partial charge on any atom is 0.257 e. The predicted molar refractivity (Wildman–Crippen MR) is 139 cm³/mol. The number of hydrogen-bond acceptors (Lipinski definition) is 6. The highest BCUT2D eigenvalue weighted by molar-refractivity contribution is 7.89. The van der Waals surface area contributed by atoms with E-state index in [0.717, 1.165) is 5.75 Å². The molecule has 3 aromatic carbocycles. The molecule has 0 radical (unpaired) electrons. The van der Waals surface area contributed by atoms with Crippen molar-refractivity contribution in [2.45, 2.75) is 24.8 Å². The molecular weight excluding hydrogens is 486 g/mol. The van der Waals surface area contributed by atoms with Crippen molar-refractivity contribution in [1.29, 1.82) is 0 Å². The van der Waals surface area contributed by atoms with Gasteiger partial charge in [0.2, 0.25) is 10.0 Å². The number of para-hydroxylation sites is 1. The normalized spacial score (nSPS) is 11.1. The van der Waals surface area contributed by atoms with E-state index in [2.05, 4.69) is 15.4 Å². The van der Waals surface area contributed by atoms with Crippen LogP contribution in [0.25, 0.3) is 0 Å². The second kappa shape index (κ2) is 12.3. The Bertz CT molecular complexity index is 1230. The van der Waals surface area contributed by atoms with Crippen molar-refractivity contribution in [1.82, 2.24) is 10.0 Å². The van der Waals surface area contributed by atoms with Crippen LogP contribution in [0.1, 0.15) is 24.2 Å². The van der Waals surface area contributed by atoms with Crippen LogP contribution in [0.15, 0.2) is 83.8 Å². The number of benzene rings is 3. The van der Waals surface area contributed by atoms with E-state index in [4.69, 9.17) is 21.7 Å². The van der Waals surface area contributed by atoms with Crippen molar-refractivity contribution in [2.24, 2.45) is 0 Å². The molecule has 0 saturated heterocycles. The summed E-state index contributed by atoms with van der Waals surface area (Å²) in [6, 6.07) is 22.0. The van der Waals surface area contributed by atoms with E-state index in [0.29, 0.717) is 30.2 Å². The predicted octanol–water partition coefficient (Wildman–Crippen LogP) is 3.96. The zero-order valence-corrected chi connectivity index (χ0v) is 21.0. The summed E-state index contributed by atoms with van der Waals surface area (Å²) in [6.07, 6.45) is 0. The second-order valence-corrected chi connectivity index (χ2v) is 9.87. The van der Waals surface area contributed by atoms with E-state index >= 15 is 0 Å². The van der Waals surface area contributed by atoms with Gasteiger partial charge < -0.3 is 14.8 Å². The van der Waals surface area contributed by atoms with Crippen LogP contribution in [0.4, 0.5) is 5.69 Å². The van der Waals surface area contributed by atoms with Gasteiger partial charge in [0.1, 0.15) is 24.7 Å². The molecule has 0 fully saturated rings. The molecule has 0 saturated carbocycles. The zero-order valence-electron chi connectivity index (χ0n) is 19.4. The Labute approximate surface area is 210 Å². The molecule has 3 rings (SSSR count). The zero-order chi connectivity index (χ0) is 25.3. The van der Waals surface area contributed by atoms with Crippen LogP contribution in [-0.2, 0) is 10.0 Å². The van der Waals surface area contributed by atoms with Crippen LogP contribution >= 0.6 is 12.2 Å². The van der Waals surface area contributed by atoms with E-state index < -0.39 is 10.0 Å². The highest BCUT2D eigenvalue weighted by Crippen LogP contribution is 2.15. The third-order valence-corrected chi connectivity index (χ3v) is 6.40. The SMILES string of the molecule is CC(C)NS(=O)(=O)c1ccc(NC(=S)NC(=O)c2ccc(OCCOc3ccccc3)cc2)cc1. The maximum atomic E-state index is 12.5. The van der Waals surface area contributed by atoms with Crippen molar-refractivity contribution >= 4 is 38.9 Å². The molecule has 8 nitrogen and oxygen atoms in total. The van der Waals surface area contributed by atoms with Crippen LogP contribution in [-0.4, -0.2) is 38.7 Å². The van der Waals surface area contributed by atoms with Crippen molar-refractivity contribution in [3.8, 4) is 11.5 Å². The first kappa shape index (κ1) is 26.1. The third-order valence-electron chi connectivity index (χ3n) is 4.52. The number of sulfonamides is 1. The summed E-state index contributed by atoms with van der Waals surface area (Å²) in [5, 5.41) is 5.55. The number of carbonyl (C=O) groups is 1. The summed E-state index contributed by atoms with van der Waals surface area (Å²) >= 11 is 5.20. The highest BCUT2D eigenvalue weighted by atomic mass is 32.2. The summed E-state index contributed by atoms with van der Waals surface area (Å²) in [5.74, 6) is 1.000. The molecule has 0 unspecified atom stereocenters. The summed E-state index contributed by atoms with van der Waals surface area (Å²) in [4.78, 5) is 12.6. The van der Waals surface area contributed by atoms with Gasteiger partial charge in [-0.1, -0.05) is 18.2 Å². The first-order valence-corrected chi connectivity index (χ1v) is 12.8. The minimum absolute atomic E-state index is 0.0873. The minimum Gasteiger partial charge on any atom is -0.490 e. The standard InChI is InChI=1S/C25H27N3O5S2/c1-18(2)28-35(30,31)23-14-10-20(11-15-23)26-25(34)27-24(29)19-8-12-22(13-9-19)33-17-16-32-21-6-4-3-5-7-21/h3-15,18,28H,16-17H2,1-2H3,(H2,26,27,29,34). The number of anilines is 1. The van der Waals surface area contributed by atoms with E-state index in [1.54, 1.807) is 50.2 Å². The number of ether oxygens (including phenoxy) is 2. The Hall–Kier alpha value is -3.47. The summed E-state index contributed by atoms with van der Waals surface area (Å²) < 4.78 is 38.1. The third kappa shape index (κ3) is 8.36. The summed E-state index contributed by atoms with van der Waals surface area (Å²) in [6.45, 7) is 4.25. The Morgan fingerprint density at radius 2 is 1.43 bits per heavy atom. The Morgan fingerprint density at radius 1 is 0.857 bits per heavy atom. The number of nitrogens with one attached hydrogen (secondary N) is 3. The molecule has 0 aliphatic rings. The lowest BCUT2D eigenvalue weighted by molar-refractivity contribution is 0.0977. The Balaban J connectivity index is 1.45. The van der Waals surface area contributed by atoms with Crippen molar-refractivity contribution in [2.75, 3.05) is 18.5 Å². The molecule has 10 heteroatoms. The molecule has 1 amide bonds. The van der Waals surface area contributed by atoms with Crippen LogP contribution < -0.4 is 24.8 Å². The van der Waals surface area contributed by atoms with Gasteiger partial charge in [0.15, 0.2) is 5.11 Å². The molecular formula is C25H27N3O5S2. The summed E-state index contributed by atoms with van der Waals surface area (Å²) in [7, 11) is -3.58. The van der Waals surface area contributed by atoms with Gasteiger partial charge in [-0.05, 0) is 86.7 Å². The fourth-order valence-electron chi connectivity index (χ4n) is 2.97. The molecule has 0 aromatic heterocycles. The lowest BCUT2D eigenvalue weighted by Crippen LogP contribution is -2.34. The van der Waals surface area contributed by atoms with Gasteiger partial charge in [-0.2, -0.15) is 0 Å². The first-order chi connectivity index (χ1) is 16.7. The second-order valence-electron chi connectivity index (χ2n) is 7.74. The van der Waals surface area contributed by atoms with Gasteiger partial charge in [-0.15, -0.1) is 0 Å². The molecule has 3 aromatic rings. The fourth-order valence-corrected chi connectivity index (χ4v) is 4.43. The number of thiocarbonyl (C=S) groups is 1. The first-order valence-electron chi connectivity index (χ1n) is 10.9. The monoisotopic (exact) mass is 513 g/mol. The number of rotatable bonds is 10. The van der Waals surface area contributed by atoms with Gasteiger partial charge in [-0.25, -0.2) is 13.1 Å². The molecule has 0 aliphatic heterocycles. The smallest absolute Gasteiger partial charge is 0.257 e. The van der Waals surface area contributed by atoms with Crippen LogP contribution in [0.5, 0.6) is 11.5 Å². The van der Waals surface area contributed by atoms with Crippen LogP contribution in [0.2, 0.25) is 0 Å². The molecule has 0 aliphatic carbocycles. The molecule has 3 N–H and O–H groups in total. The van der Waals surface area contributed by atoms with Gasteiger partial charge in [-0.3, -0.25) is 10.1 Å². The minimum atomic E-state index is -3.58. The van der Waals surface area contributed by atoms with Gasteiger partial charge in [0.05, 0.1) is 4.90 Å². The largest absolute Gasteiger partial charge is 0.490 e. The Kier molecular flexibility index (Phi) is 9.18. The van der Waals surface area contributed by atoms with Crippen molar-refractivity contribution < 1.29 is 22.7 Å². The topological polar surface area (TPSA) is 106 Å². The molecule has 0 atom stereocenters. The van der Waals surface area contributed by atoms with Crippen LogP contribution in [0.3, 0.4) is 0 Å². The molecule has 0 spiro atoms. The van der Waals surface area contributed by atoms with Crippen molar-refractivity contribution in [3.63, 3.8) is 0 Å². The highest BCUT2D eigenvalue weighted by Gasteiger charge is 2.15. The summed E-state index contributed by atoms with van der Waals surface area (Å²) in [5.41, 5.74) is 0.948. The average molecular weight is 514 g/mol. The van der Waals surface area contributed by atoms with E-state index in [-0.39, 0.29) is 22.0 Å². The van der Waals surface area contributed by atoms with E-state index in [1.165, 1.54) is 12.1 Å². The Morgan fingerprint density at radius 3 is 2.00 bits per heavy atom. The lowest BCUT2D eigenvalue weighted by atomic mass is 10.2. The van der Waals surface area contributed by atoms with E-state index in [1.807, 2.05) is 30.3 Å². The van der Waals surface area contributed by atoms with Crippen LogP contribution in [0, 0.1) is 0 Å². The average Bonchev–Trinajstić information content (AvgIpc) is 2.82. The molecule has 35 heavy (non-hydrogen) atoms. The van der Waals surface area contributed by atoms with Gasteiger partial charge in [0, 0.05) is 17.3 Å². The number of amides is 1. The fraction of sp³-hybridized carbons (Fsp3) is 0.200. The van der Waals surface area contributed by atoms with Gasteiger partial charge >= 0.3 is 0 Å². The maximum absolute atomic E-state index is 12.5.